The number of carboxylic acid groups (broad SMARTS) is 1. The van der Waals surface area contributed by atoms with Crippen molar-refractivity contribution < 1.29 is 24.2 Å². The monoisotopic (exact) mass is 503 g/mol. The Morgan fingerprint density at radius 2 is 1.43 bits per heavy atom. The summed E-state index contributed by atoms with van der Waals surface area (Å²) in [6, 6.07) is 22.9. The predicted molar refractivity (Wildman–Crippen MR) is 146 cm³/mol. The molecule has 37 heavy (non-hydrogen) atoms. The molecule has 0 aliphatic carbocycles. The number of benzene rings is 3. The SMILES string of the molecule is COc1cc(C(=O)C(CCc2ccccc2)NCCCC(Cc2ccccc2)C(=O)O)cc(OC)c1C. The van der Waals surface area contributed by atoms with Crippen molar-refractivity contribution in [2.24, 2.45) is 5.92 Å². The highest BCUT2D eigenvalue weighted by Crippen LogP contribution is 2.30. The maximum Gasteiger partial charge on any atom is 0.306 e. The lowest BCUT2D eigenvalue weighted by Crippen LogP contribution is -2.38. The number of carbonyl (C=O) groups is 2. The highest BCUT2D eigenvalue weighted by atomic mass is 16.5. The van der Waals surface area contributed by atoms with Crippen LogP contribution in [-0.2, 0) is 17.6 Å². The summed E-state index contributed by atoms with van der Waals surface area (Å²) in [4.78, 5) is 25.5. The molecule has 0 aliphatic rings. The quantitative estimate of drug-likeness (QED) is 0.210. The molecule has 3 aromatic carbocycles. The number of aryl methyl sites for hydroxylation is 1. The Morgan fingerprint density at radius 1 is 0.865 bits per heavy atom. The molecule has 2 atom stereocenters. The number of carbonyl (C=O) groups excluding carboxylic acids is 1. The molecule has 0 aromatic heterocycles. The van der Waals surface area contributed by atoms with Gasteiger partial charge in [0.05, 0.1) is 26.2 Å². The largest absolute Gasteiger partial charge is 0.496 e. The van der Waals surface area contributed by atoms with Gasteiger partial charge in [0.15, 0.2) is 5.78 Å². The summed E-state index contributed by atoms with van der Waals surface area (Å²) >= 11 is 0. The van der Waals surface area contributed by atoms with E-state index < -0.39 is 17.9 Å². The van der Waals surface area contributed by atoms with Crippen molar-refractivity contribution in [3.05, 3.63) is 95.1 Å². The highest BCUT2D eigenvalue weighted by molar-refractivity contribution is 6.01. The average molecular weight is 504 g/mol. The number of carboxylic acids is 1. The third kappa shape index (κ3) is 8.19. The van der Waals surface area contributed by atoms with E-state index in [1.54, 1.807) is 26.4 Å². The molecule has 0 bridgehead atoms. The number of aliphatic carboxylic acids is 1. The van der Waals surface area contributed by atoms with Gasteiger partial charge in [0.1, 0.15) is 11.5 Å². The molecule has 6 heteroatoms. The normalized spacial score (nSPS) is 12.5. The second-order valence-electron chi connectivity index (χ2n) is 9.27. The minimum Gasteiger partial charge on any atom is -0.496 e. The van der Waals surface area contributed by atoms with E-state index in [9.17, 15) is 14.7 Å². The number of hydrogen-bond acceptors (Lipinski definition) is 5. The number of Topliss-reactive ketones (excluding diaryl/α,β-unsaturated/α-hetero) is 1. The Hall–Kier alpha value is -3.64. The third-order valence-corrected chi connectivity index (χ3v) is 6.71. The molecule has 0 fully saturated rings. The fraction of sp³-hybridized carbons (Fsp3) is 0.355. The van der Waals surface area contributed by atoms with Crippen LogP contribution in [0.3, 0.4) is 0 Å². The summed E-state index contributed by atoms with van der Waals surface area (Å²) in [6.45, 7) is 2.44. The molecule has 3 aromatic rings. The van der Waals surface area contributed by atoms with Gasteiger partial charge in [-0.15, -0.1) is 0 Å². The maximum atomic E-state index is 13.6. The van der Waals surface area contributed by atoms with E-state index >= 15 is 0 Å². The number of methoxy groups -OCH3 is 2. The summed E-state index contributed by atoms with van der Waals surface area (Å²) in [7, 11) is 3.16. The van der Waals surface area contributed by atoms with E-state index in [-0.39, 0.29) is 5.78 Å². The Kier molecular flexibility index (Phi) is 10.7. The van der Waals surface area contributed by atoms with E-state index in [0.29, 0.717) is 49.3 Å². The van der Waals surface area contributed by atoms with Gasteiger partial charge < -0.3 is 19.9 Å². The van der Waals surface area contributed by atoms with Gasteiger partial charge in [0.25, 0.3) is 0 Å². The van der Waals surface area contributed by atoms with Crippen LogP contribution in [0, 0.1) is 12.8 Å². The number of ketones is 1. The van der Waals surface area contributed by atoms with E-state index in [2.05, 4.69) is 17.4 Å². The van der Waals surface area contributed by atoms with Crippen LogP contribution in [0.4, 0.5) is 0 Å². The van der Waals surface area contributed by atoms with Gasteiger partial charge in [-0.1, -0.05) is 60.7 Å². The summed E-state index contributed by atoms with van der Waals surface area (Å²) < 4.78 is 11.0. The lowest BCUT2D eigenvalue weighted by atomic mass is 9.94. The zero-order valence-electron chi connectivity index (χ0n) is 21.9. The molecule has 0 saturated heterocycles. The van der Waals surface area contributed by atoms with Crippen molar-refractivity contribution in [1.29, 1.82) is 0 Å². The zero-order valence-corrected chi connectivity index (χ0v) is 21.9. The van der Waals surface area contributed by atoms with Gasteiger partial charge in [0, 0.05) is 11.1 Å². The summed E-state index contributed by atoms with van der Waals surface area (Å²) in [5.74, 6) is -0.0799. The molecule has 0 saturated carbocycles. The van der Waals surface area contributed by atoms with Crippen molar-refractivity contribution in [3.63, 3.8) is 0 Å². The lowest BCUT2D eigenvalue weighted by Gasteiger charge is -2.20. The van der Waals surface area contributed by atoms with Crippen LogP contribution in [0.15, 0.2) is 72.8 Å². The van der Waals surface area contributed by atoms with Crippen molar-refractivity contribution in [2.45, 2.75) is 45.1 Å². The van der Waals surface area contributed by atoms with E-state index in [1.165, 1.54) is 0 Å². The third-order valence-electron chi connectivity index (χ3n) is 6.71. The Bertz CT molecular complexity index is 1120. The van der Waals surface area contributed by atoms with Crippen molar-refractivity contribution in [2.75, 3.05) is 20.8 Å². The summed E-state index contributed by atoms with van der Waals surface area (Å²) in [6.07, 6.45) is 3.04. The number of rotatable bonds is 15. The molecule has 0 radical (unpaired) electrons. The van der Waals surface area contributed by atoms with Gasteiger partial charge in [0.2, 0.25) is 0 Å². The molecule has 3 rings (SSSR count). The van der Waals surface area contributed by atoms with Gasteiger partial charge >= 0.3 is 5.97 Å². The van der Waals surface area contributed by atoms with E-state index in [1.807, 2.05) is 55.5 Å². The van der Waals surface area contributed by atoms with Gasteiger partial charge in [-0.05, 0) is 68.8 Å². The van der Waals surface area contributed by atoms with Crippen molar-refractivity contribution in [3.8, 4) is 11.5 Å². The van der Waals surface area contributed by atoms with Gasteiger partial charge in [-0.25, -0.2) is 0 Å². The Morgan fingerprint density at radius 3 is 1.97 bits per heavy atom. The minimum absolute atomic E-state index is 0.0356. The molecule has 2 N–H and O–H groups in total. The topological polar surface area (TPSA) is 84.9 Å². The van der Waals surface area contributed by atoms with E-state index in [0.717, 1.165) is 23.1 Å². The fourth-order valence-electron chi connectivity index (χ4n) is 4.55. The first-order chi connectivity index (χ1) is 17.9. The molecule has 0 heterocycles. The van der Waals surface area contributed by atoms with Crippen LogP contribution >= 0.6 is 0 Å². The first kappa shape index (κ1) is 27.9. The molecule has 0 aliphatic heterocycles. The maximum absolute atomic E-state index is 13.6. The predicted octanol–water partition coefficient (Wildman–Crippen LogP) is 5.51. The zero-order chi connectivity index (χ0) is 26.6. The number of nitrogens with one attached hydrogen (secondary N) is 1. The van der Waals surface area contributed by atoms with Crippen LogP contribution in [0.1, 0.15) is 46.3 Å². The van der Waals surface area contributed by atoms with Crippen molar-refractivity contribution in [1.82, 2.24) is 5.32 Å². The second kappa shape index (κ2) is 14.2. The molecular weight excluding hydrogens is 466 g/mol. The molecule has 0 spiro atoms. The van der Waals surface area contributed by atoms with Crippen LogP contribution in [0.25, 0.3) is 0 Å². The van der Waals surface area contributed by atoms with Gasteiger partial charge in [-0.3, -0.25) is 9.59 Å². The summed E-state index contributed by atoms with van der Waals surface area (Å²) in [5.41, 5.74) is 3.54. The number of ether oxygens (including phenoxy) is 2. The minimum atomic E-state index is -0.792. The molecule has 6 nitrogen and oxygen atoms in total. The fourth-order valence-corrected chi connectivity index (χ4v) is 4.55. The van der Waals surface area contributed by atoms with Gasteiger partial charge in [-0.2, -0.15) is 0 Å². The Balaban J connectivity index is 1.69. The number of hydrogen-bond donors (Lipinski definition) is 2. The van der Waals surface area contributed by atoms with Crippen LogP contribution in [0.5, 0.6) is 11.5 Å². The molecule has 0 amide bonds. The van der Waals surface area contributed by atoms with Crippen LogP contribution < -0.4 is 14.8 Å². The van der Waals surface area contributed by atoms with Crippen LogP contribution in [-0.4, -0.2) is 43.7 Å². The van der Waals surface area contributed by atoms with E-state index in [4.69, 9.17) is 9.47 Å². The lowest BCUT2D eigenvalue weighted by molar-refractivity contribution is -0.141. The second-order valence-corrected chi connectivity index (χ2v) is 9.27. The highest BCUT2D eigenvalue weighted by Gasteiger charge is 2.23. The smallest absolute Gasteiger partial charge is 0.306 e. The molecule has 196 valence electrons. The molecular formula is C31H37NO5. The van der Waals surface area contributed by atoms with Crippen LogP contribution in [0.2, 0.25) is 0 Å². The first-order valence-corrected chi connectivity index (χ1v) is 12.7. The molecule has 2 unspecified atom stereocenters. The average Bonchev–Trinajstić information content (AvgIpc) is 2.92. The Labute approximate surface area is 219 Å². The van der Waals surface area contributed by atoms with Crippen molar-refractivity contribution >= 4 is 11.8 Å². The standard InChI is InChI=1S/C31H37NO5/c1-22-28(36-2)20-26(21-29(22)37-3)30(33)27(17-16-23-11-6-4-7-12-23)32-18-10-15-25(31(34)35)19-24-13-8-5-9-14-24/h4-9,11-14,20-21,25,27,32H,10,15-19H2,1-3H3,(H,34,35). The summed E-state index contributed by atoms with van der Waals surface area (Å²) in [5, 5.41) is 13.1. The first-order valence-electron chi connectivity index (χ1n) is 12.7.